The second-order valence-electron chi connectivity index (χ2n) is 7.56. The zero-order valence-electron chi connectivity index (χ0n) is 17.4. The fraction of sp³-hybridized carbons (Fsp3) is 0.280. The lowest BCUT2D eigenvalue weighted by Gasteiger charge is -2.19. The van der Waals surface area contributed by atoms with Crippen LogP contribution in [-0.2, 0) is 11.2 Å². The van der Waals surface area contributed by atoms with E-state index in [4.69, 9.17) is 9.47 Å². The summed E-state index contributed by atoms with van der Waals surface area (Å²) in [5, 5.41) is 5.18. The molecule has 1 amide bonds. The van der Waals surface area contributed by atoms with Crippen LogP contribution in [0.5, 0.6) is 11.5 Å². The van der Waals surface area contributed by atoms with Gasteiger partial charge in [-0.2, -0.15) is 0 Å². The smallest absolute Gasteiger partial charge is 0.220 e. The first kappa shape index (κ1) is 21.1. The van der Waals surface area contributed by atoms with Crippen LogP contribution in [0.3, 0.4) is 0 Å². The summed E-state index contributed by atoms with van der Waals surface area (Å²) in [6.07, 6.45) is 1.000. The first-order valence-corrected chi connectivity index (χ1v) is 11.3. The number of thiophene rings is 1. The summed E-state index contributed by atoms with van der Waals surface area (Å²) in [6, 6.07) is 17.2. The maximum atomic E-state index is 12.7. The van der Waals surface area contributed by atoms with Crippen molar-refractivity contribution in [2.45, 2.75) is 32.2 Å². The van der Waals surface area contributed by atoms with Crippen LogP contribution in [0.4, 0.5) is 0 Å². The highest BCUT2D eigenvalue weighted by atomic mass is 32.1. The molecule has 160 valence electrons. The highest BCUT2D eigenvalue weighted by molar-refractivity contribution is 7.10. The Morgan fingerprint density at radius 1 is 1.00 bits per heavy atom. The van der Waals surface area contributed by atoms with E-state index in [1.165, 1.54) is 5.56 Å². The molecule has 0 spiro atoms. The largest absolute Gasteiger partial charge is 0.486 e. The molecule has 0 saturated carbocycles. The van der Waals surface area contributed by atoms with Gasteiger partial charge in [-0.1, -0.05) is 30.3 Å². The third-order valence-corrected chi connectivity index (χ3v) is 6.41. The number of nitrogens with one attached hydrogen (secondary N) is 1. The summed E-state index contributed by atoms with van der Waals surface area (Å²) in [4.78, 5) is 26.5. The number of carbonyl (C=O) groups excluding carboxylic acids is 2. The molecule has 1 aromatic heterocycles. The van der Waals surface area contributed by atoms with E-state index in [9.17, 15) is 9.59 Å². The molecule has 2 heterocycles. The molecule has 31 heavy (non-hydrogen) atoms. The summed E-state index contributed by atoms with van der Waals surface area (Å²) in [5.41, 5.74) is 2.86. The SMILES string of the molecule is Cc1ccsc1C(Cc1ccccc1)NC(=O)CCC(=O)c1ccc2c(c1)OCCO2. The lowest BCUT2D eigenvalue weighted by Crippen LogP contribution is -2.30. The molecule has 0 aliphatic carbocycles. The van der Waals surface area contributed by atoms with Gasteiger partial charge in [0.05, 0.1) is 6.04 Å². The Bertz CT molecular complexity index is 1060. The summed E-state index contributed by atoms with van der Waals surface area (Å²) in [6.45, 7) is 3.04. The predicted octanol–water partition coefficient (Wildman–Crippen LogP) is 4.89. The van der Waals surface area contributed by atoms with Gasteiger partial charge in [0.15, 0.2) is 17.3 Å². The highest BCUT2D eigenvalue weighted by Gasteiger charge is 2.20. The zero-order valence-corrected chi connectivity index (χ0v) is 18.2. The molecule has 4 rings (SSSR count). The molecule has 5 nitrogen and oxygen atoms in total. The summed E-state index contributed by atoms with van der Waals surface area (Å²) in [5.74, 6) is 1.02. The molecule has 2 aromatic carbocycles. The molecule has 0 radical (unpaired) electrons. The fourth-order valence-electron chi connectivity index (χ4n) is 3.66. The first-order chi connectivity index (χ1) is 15.1. The van der Waals surface area contributed by atoms with Gasteiger partial charge in [-0.3, -0.25) is 9.59 Å². The van der Waals surface area contributed by atoms with Crippen LogP contribution in [0.25, 0.3) is 0 Å². The molecule has 0 bridgehead atoms. The van der Waals surface area contributed by atoms with E-state index in [-0.39, 0.29) is 30.6 Å². The number of hydrogen-bond donors (Lipinski definition) is 1. The van der Waals surface area contributed by atoms with E-state index >= 15 is 0 Å². The normalized spacial score (nSPS) is 13.5. The van der Waals surface area contributed by atoms with Gasteiger partial charge in [0.1, 0.15) is 13.2 Å². The Morgan fingerprint density at radius 3 is 2.52 bits per heavy atom. The molecular formula is C25H25NO4S. The Balaban J connectivity index is 1.38. The molecule has 1 atom stereocenters. The van der Waals surface area contributed by atoms with E-state index in [1.54, 1.807) is 29.5 Å². The minimum Gasteiger partial charge on any atom is -0.486 e. The third-order valence-electron chi connectivity index (χ3n) is 5.28. The van der Waals surface area contributed by atoms with Crippen LogP contribution in [0.15, 0.2) is 60.0 Å². The summed E-state index contributed by atoms with van der Waals surface area (Å²) < 4.78 is 11.0. The summed E-state index contributed by atoms with van der Waals surface area (Å²) >= 11 is 1.65. The molecule has 1 unspecified atom stereocenters. The van der Waals surface area contributed by atoms with Gasteiger partial charge >= 0.3 is 0 Å². The number of Topliss-reactive ketones (excluding diaryl/α,β-unsaturated/α-hetero) is 1. The van der Waals surface area contributed by atoms with Crippen molar-refractivity contribution in [3.05, 3.63) is 81.5 Å². The van der Waals surface area contributed by atoms with Crippen molar-refractivity contribution in [1.82, 2.24) is 5.32 Å². The minimum absolute atomic E-state index is 0.0842. The summed E-state index contributed by atoms with van der Waals surface area (Å²) in [7, 11) is 0. The number of fused-ring (bicyclic) bond motifs is 1. The van der Waals surface area contributed by atoms with E-state index in [2.05, 4.69) is 30.4 Å². The van der Waals surface area contributed by atoms with Gasteiger partial charge in [0, 0.05) is 23.3 Å². The van der Waals surface area contributed by atoms with E-state index in [0.29, 0.717) is 36.7 Å². The Kier molecular flexibility index (Phi) is 6.67. The van der Waals surface area contributed by atoms with E-state index in [0.717, 1.165) is 10.4 Å². The number of rotatable bonds is 8. The number of amides is 1. The average Bonchev–Trinajstić information content (AvgIpc) is 3.23. The van der Waals surface area contributed by atoms with Gasteiger partial charge in [-0.15, -0.1) is 11.3 Å². The molecule has 0 fully saturated rings. The van der Waals surface area contributed by atoms with Crippen LogP contribution in [-0.4, -0.2) is 24.9 Å². The second-order valence-corrected chi connectivity index (χ2v) is 8.51. The monoisotopic (exact) mass is 435 g/mol. The number of aryl methyl sites for hydroxylation is 1. The fourth-order valence-corrected chi connectivity index (χ4v) is 4.63. The molecule has 1 N–H and O–H groups in total. The third kappa shape index (κ3) is 5.33. The van der Waals surface area contributed by atoms with Crippen molar-refractivity contribution in [2.75, 3.05) is 13.2 Å². The predicted molar refractivity (Wildman–Crippen MR) is 121 cm³/mol. The van der Waals surface area contributed by atoms with Crippen LogP contribution in [0, 0.1) is 6.92 Å². The van der Waals surface area contributed by atoms with Crippen LogP contribution in [0.1, 0.15) is 45.2 Å². The number of ketones is 1. The van der Waals surface area contributed by atoms with Crippen LogP contribution < -0.4 is 14.8 Å². The zero-order chi connectivity index (χ0) is 21.6. The Hall–Kier alpha value is -3.12. The average molecular weight is 436 g/mol. The molecule has 3 aromatic rings. The van der Waals surface area contributed by atoms with Crippen molar-refractivity contribution < 1.29 is 19.1 Å². The van der Waals surface area contributed by atoms with Crippen molar-refractivity contribution in [3.63, 3.8) is 0 Å². The molecule has 6 heteroatoms. The number of carbonyl (C=O) groups is 2. The van der Waals surface area contributed by atoms with Crippen molar-refractivity contribution in [1.29, 1.82) is 0 Å². The maximum Gasteiger partial charge on any atom is 0.220 e. The van der Waals surface area contributed by atoms with Crippen LogP contribution in [0.2, 0.25) is 0 Å². The quantitative estimate of drug-likeness (QED) is 0.512. The highest BCUT2D eigenvalue weighted by Crippen LogP contribution is 2.31. The van der Waals surface area contributed by atoms with Gasteiger partial charge < -0.3 is 14.8 Å². The number of hydrogen-bond acceptors (Lipinski definition) is 5. The Morgan fingerprint density at radius 2 is 1.77 bits per heavy atom. The van der Waals surface area contributed by atoms with Crippen molar-refractivity contribution >= 4 is 23.0 Å². The number of ether oxygens (including phenoxy) is 2. The molecular weight excluding hydrogens is 410 g/mol. The van der Waals surface area contributed by atoms with Crippen molar-refractivity contribution in [2.24, 2.45) is 0 Å². The molecule has 1 aliphatic rings. The number of benzene rings is 2. The lowest BCUT2D eigenvalue weighted by atomic mass is 10.0. The maximum absolute atomic E-state index is 12.7. The van der Waals surface area contributed by atoms with Crippen LogP contribution >= 0.6 is 11.3 Å². The second kappa shape index (κ2) is 9.79. The first-order valence-electron chi connectivity index (χ1n) is 10.4. The minimum atomic E-state index is -0.125. The van der Waals surface area contributed by atoms with Gasteiger partial charge in [0.2, 0.25) is 5.91 Å². The standard InChI is InChI=1S/C25H25NO4S/c1-17-11-14-31-25(17)20(15-18-5-3-2-4-6-18)26-24(28)10-8-21(27)19-7-9-22-23(16-19)30-13-12-29-22/h2-7,9,11,14,16,20H,8,10,12-13,15H2,1H3,(H,26,28). The van der Waals surface area contributed by atoms with E-state index in [1.807, 2.05) is 23.6 Å². The lowest BCUT2D eigenvalue weighted by molar-refractivity contribution is -0.121. The van der Waals surface area contributed by atoms with Gasteiger partial charge in [-0.25, -0.2) is 0 Å². The van der Waals surface area contributed by atoms with Gasteiger partial charge in [0.25, 0.3) is 0 Å². The molecule has 0 saturated heterocycles. The topological polar surface area (TPSA) is 64.6 Å². The van der Waals surface area contributed by atoms with Crippen molar-refractivity contribution in [3.8, 4) is 11.5 Å². The van der Waals surface area contributed by atoms with E-state index < -0.39 is 0 Å². The van der Waals surface area contributed by atoms with Gasteiger partial charge in [-0.05, 0) is 54.1 Å². The molecule has 1 aliphatic heterocycles. The Labute approximate surface area is 186 Å².